The van der Waals surface area contributed by atoms with Crippen molar-refractivity contribution in [1.29, 1.82) is 0 Å². The van der Waals surface area contributed by atoms with Crippen LogP contribution in [-0.4, -0.2) is 28.3 Å². The summed E-state index contributed by atoms with van der Waals surface area (Å²) in [5.74, 6) is -5.77. The molecule has 14 heavy (non-hydrogen) atoms. The summed E-state index contributed by atoms with van der Waals surface area (Å²) in [5.41, 5.74) is 0. The summed E-state index contributed by atoms with van der Waals surface area (Å²) in [5, 5.41) is 15.4. The molecule has 2 N–H and O–H groups in total. The van der Waals surface area contributed by atoms with Crippen LogP contribution < -0.4 is 0 Å². The Kier molecular flexibility index (Phi) is 3.09. The lowest BCUT2D eigenvalue weighted by molar-refractivity contribution is -0.460. The summed E-state index contributed by atoms with van der Waals surface area (Å²) in [4.78, 5) is 0. The highest BCUT2D eigenvalue weighted by Crippen LogP contribution is 2.42. The monoisotopic (exact) mass is 226 g/mol. The van der Waals surface area contributed by atoms with E-state index < -0.39 is 24.1 Å². The number of rotatable bonds is 4. The molecule has 0 fully saturated rings. The predicted molar refractivity (Wildman–Crippen MR) is 29.5 cm³/mol. The van der Waals surface area contributed by atoms with Crippen LogP contribution in [0, 0.1) is 0 Å². The molecule has 0 saturated carbocycles. The lowest BCUT2D eigenvalue weighted by atomic mass is 10.2. The normalized spacial score (nSPS) is 17.4. The van der Waals surface area contributed by atoms with Gasteiger partial charge in [0.05, 0.1) is 0 Å². The molecule has 0 heterocycles. The predicted octanol–water partition coefficient (Wildman–Crippen LogP) is 1.28. The first kappa shape index (κ1) is 13.0. The van der Waals surface area contributed by atoms with Gasteiger partial charge in [-0.05, 0) is 6.58 Å². The SMILES string of the molecule is C=C(F)OC(F)(F)C(O)(F)C(O)(F)F. The van der Waals surface area contributed by atoms with E-state index in [-0.39, 0.29) is 0 Å². The number of hydrogen-bond donors (Lipinski definition) is 2. The van der Waals surface area contributed by atoms with Crippen molar-refractivity contribution < 1.29 is 41.3 Å². The van der Waals surface area contributed by atoms with Crippen LogP contribution >= 0.6 is 0 Å². The first-order chi connectivity index (χ1) is 5.92. The minimum absolute atomic E-state index is 2.06. The van der Waals surface area contributed by atoms with Crippen molar-refractivity contribution >= 4 is 0 Å². The van der Waals surface area contributed by atoms with Gasteiger partial charge in [0.2, 0.25) is 0 Å². The average molecular weight is 226 g/mol. The fourth-order valence-corrected chi connectivity index (χ4v) is 0.382. The Morgan fingerprint density at radius 1 is 1.07 bits per heavy atom. The molecule has 0 amide bonds. The number of halogens is 6. The fraction of sp³-hybridized carbons (Fsp3) is 0.600. The van der Waals surface area contributed by atoms with Gasteiger partial charge in [-0.1, -0.05) is 0 Å². The molecule has 9 heteroatoms. The fourth-order valence-electron chi connectivity index (χ4n) is 0.382. The van der Waals surface area contributed by atoms with E-state index in [1.54, 1.807) is 0 Å². The molecule has 1 unspecified atom stereocenters. The van der Waals surface area contributed by atoms with E-state index >= 15 is 0 Å². The van der Waals surface area contributed by atoms with E-state index in [1.165, 1.54) is 0 Å². The van der Waals surface area contributed by atoms with Gasteiger partial charge in [-0.2, -0.15) is 26.3 Å². The molecule has 0 rings (SSSR count). The number of alkyl halides is 5. The second-order valence-electron chi connectivity index (χ2n) is 2.14. The van der Waals surface area contributed by atoms with E-state index in [2.05, 4.69) is 11.3 Å². The Balaban J connectivity index is 4.97. The Hall–Kier alpha value is -0.960. The molecule has 3 nitrogen and oxygen atoms in total. The zero-order valence-corrected chi connectivity index (χ0v) is 6.28. The molecule has 0 aromatic rings. The van der Waals surface area contributed by atoms with Crippen molar-refractivity contribution in [2.24, 2.45) is 0 Å². The van der Waals surface area contributed by atoms with Gasteiger partial charge in [0, 0.05) is 0 Å². The molecule has 0 aromatic heterocycles. The first-order valence-electron chi connectivity index (χ1n) is 2.84. The maximum atomic E-state index is 12.2. The molecular weight excluding hydrogens is 222 g/mol. The Morgan fingerprint density at radius 2 is 1.43 bits per heavy atom. The zero-order chi connectivity index (χ0) is 11.8. The van der Waals surface area contributed by atoms with E-state index in [9.17, 15) is 26.3 Å². The summed E-state index contributed by atoms with van der Waals surface area (Å²) in [7, 11) is 0. The second-order valence-corrected chi connectivity index (χ2v) is 2.14. The summed E-state index contributed by atoms with van der Waals surface area (Å²) in [6.07, 6.45) is -11.5. The molecule has 0 saturated heterocycles. The van der Waals surface area contributed by atoms with Crippen molar-refractivity contribution in [3.63, 3.8) is 0 Å². The van der Waals surface area contributed by atoms with Crippen LogP contribution in [0.2, 0.25) is 0 Å². The molecule has 0 aromatic carbocycles. The molecule has 1 atom stereocenters. The van der Waals surface area contributed by atoms with Crippen molar-refractivity contribution in [3.05, 3.63) is 12.6 Å². The highest BCUT2D eigenvalue weighted by Gasteiger charge is 2.72. The Labute approximate surface area is 73.2 Å². The quantitative estimate of drug-likeness (QED) is 0.560. The number of aliphatic hydroxyl groups is 2. The van der Waals surface area contributed by atoms with Gasteiger partial charge in [-0.3, -0.25) is 0 Å². The second kappa shape index (κ2) is 3.31. The zero-order valence-electron chi connectivity index (χ0n) is 6.28. The highest BCUT2D eigenvalue weighted by atomic mass is 19.3. The van der Waals surface area contributed by atoms with Crippen molar-refractivity contribution in [3.8, 4) is 0 Å². The molecule has 0 aliphatic rings. The summed E-state index contributed by atoms with van der Waals surface area (Å²) in [6.45, 7) is 2.06. The highest BCUT2D eigenvalue weighted by molar-refractivity contribution is 4.86. The van der Waals surface area contributed by atoms with Gasteiger partial charge < -0.3 is 14.9 Å². The molecule has 0 spiro atoms. The summed E-state index contributed by atoms with van der Waals surface area (Å²) >= 11 is 0. The molecule has 0 radical (unpaired) electrons. The van der Waals surface area contributed by atoms with Crippen molar-refractivity contribution in [2.75, 3.05) is 0 Å². The van der Waals surface area contributed by atoms with E-state index in [4.69, 9.17) is 10.2 Å². The topological polar surface area (TPSA) is 49.7 Å². The van der Waals surface area contributed by atoms with Gasteiger partial charge in [0.25, 0.3) is 6.01 Å². The van der Waals surface area contributed by atoms with Gasteiger partial charge in [-0.15, -0.1) is 0 Å². The van der Waals surface area contributed by atoms with Crippen LogP contribution in [0.4, 0.5) is 26.3 Å². The van der Waals surface area contributed by atoms with Crippen LogP contribution in [0.15, 0.2) is 12.6 Å². The van der Waals surface area contributed by atoms with Crippen molar-refractivity contribution in [2.45, 2.75) is 18.1 Å². The minimum Gasteiger partial charge on any atom is -0.402 e. The molecular formula is C5H4F6O3. The largest absolute Gasteiger partial charge is 0.470 e. The van der Waals surface area contributed by atoms with Gasteiger partial charge in [0.1, 0.15) is 0 Å². The summed E-state index contributed by atoms with van der Waals surface area (Å²) < 4.78 is 74.0. The van der Waals surface area contributed by atoms with E-state index in [1.807, 2.05) is 0 Å². The van der Waals surface area contributed by atoms with Gasteiger partial charge in [0.15, 0.2) is 0 Å². The van der Waals surface area contributed by atoms with Crippen LogP contribution in [0.3, 0.4) is 0 Å². The van der Waals surface area contributed by atoms with Crippen LogP contribution in [0.1, 0.15) is 0 Å². The Morgan fingerprint density at radius 3 is 1.64 bits per heavy atom. The average Bonchev–Trinajstić information content (AvgIpc) is 1.80. The standard InChI is InChI=1S/C5H4F6O3/c1-2(6)14-5(10,11)3(7,12)4(8,9)13/h12-13H,1H2. The Bertz CT molecular complexity index is 232. The maximum absolute atomic E-state index is 12.2. The number of hydrogen-bond acceptors (Lipinski definition) is 3. The molecule has 84 valence electrons. The third kappa shape index (κ3) is 2.29. The molecule has 0 aliphatic carbocycles. The smallest absolute Gasteiger partial charge is 0.402 e. The van der Waals surface area contributed by atoms with Gasteiger partial charge in [-0.25, -0.2) is 0 Å². The maximum Gasteiger partial charge on any atom is 0.470 e. The van der Waals surface area contributed by atoms with Gasteiger partial charge >= 0.3 is 18.1 Å². The third-order valence-electron chi connectivity index (χ3n) is 1.02. The van der Waals surface area contributed by atoms with Crippen LogP contribution in [0.5, 0.6) is 0 Å². The first-order valence-corrected chi connectivity index (χ1v) is 2.84. The van der Waals surface area contributed by atoms with E-state index in [0.29, 0.717) is 0 Å². The third-order valence-corrected chi connectivity index (χ3v) is 1.02. The van der Waals surface area contributed by atoms with Crippen LogP contribution in [-0.2, 0) is 4.74 Å². The van der Waals surface area contributed by atoms with Crippen molar-refractivity contribution in [1.82, 2.24) is 0 Å². The summed E-state index contributed by atoms with van der Waals surface area (Å²) in [6, 6.07) is -2.31. The number of ether oxygens (including phenoxy) is 1. The lowest BCUT2D eigenvalue weighted by Gasteiger charge is -2.29. The van der Waals surface area contributed by atoms with E-state index in [0.717, 1.165) is 0 Å². The minimum atomic E-state index is -5.83. The van der Waals surface area contributed by atoms with Crippen LogP contribution in [0.25, 0.3) is 0 Å². The lowest BCUT2D eigenvalue weighted by Crippen LogP contribution is -2.58. The molecule has 0 bridgehead atoms. The molecule has 0 aliphatic heterocycles.